The topological polar surface area (TPSA) is 51.2 Å². The number of amides is 1. The van der Waals surface area contributed by atoms with Crippen LogP contribution in [-0.2, 0) is 4.79 Å². The average molecular weight is 471 g/mol. The summed E-state index contributed by atoms with van der Waals surface area (Å²) in [6, 6.07) is 16.1. The van der Waals surface area contributed by atoms with Crippen molar-refractivity contribution in [3.05, 3.63) is 63.9 Å². The van der Waals surface area contributed by atoms with Gasteiger partial charge in [0.2, 0.25) is 0 Å². The van der Waals surface area contributed by atoms with Crippen LogP contribution in [0.5, 0.6) is 5.75 Å². The lowest BCUT2D eigenvalue weighted by Gasteiger charge is -2.22. The number of thiazole rings is 1. The maximum absolute atomic E-state index is 12.2. The second-order valence-electron chi connectivity index (χ2n) is 7.29. The average Bonchev–Trinajstić information content (AvgIpc) is 3.22. The molecule has 150 valence electrons. The minimum absolute atomic E-state index is 0.0318. The van der Waals surface area contributed by atoms with Gasteiger partial charge in [0.25, 0.3) is 5.91 Å². The number of anilines is 1. The molecule has 0 saturated heterocycles. The van der Waals surface area contributed by atoms with E-state index in [1.54, 1.807) is 0 Å². The van der Waals surface area contributed by atoms with Crippen molar-refractivity contribution in [2.24, 2.45) is 0 Å². The molecule has 1 aliphatic rings. The van der Waals surface area contributed by atoms with E-state index < -0.39 is 0 Å². The van der Waals surface area contributed by atoms with E-state index >= 15 is 0 Å². The van der Waals surface area contributed by atoms with Gasteiger partial charge in [-0.1, -0.05) is 59.5 Å². The first-order valence-electron chi connectivity index (χ1n) is 9.91. The molecule has 1 heterocycles. The summed E-state index contributed by atoms with van der Waals surface area (Å²) in [4.78, 5) is 16.7. The van der Waals surface area contributed by atoms with E-state index in [1.165, 1.54) is 49.0 Å². The lowest BCUT2D eigenvalue weighted by molar-refractivity contribution is -0.118. The molecule has 0 aliphatic heterocycles. The van der Waals surface area contributed by atoms with Crippen molar-refractivity contribution in [3.63, 3.8) is 0 Å². The van der Waals surface area contributed by atoms with E-state index in [2.05, 4.69) is 38.4 Å². The highest BCUT2D eigenvalue weighted by Gasteiger charge is 2.15. The lowest BCUT2D eigenvalue weighted by atomic mass is 9.84. The van der Waals surface area contributed by atoms with Crippen molar-refractivity contribution in [1.82, 2.24) is 4.98 Å². The Hall–Kier alpha value is -2.18. The van der Waals surface area contributed by atoms with E-state index in [9.17, 15) is 4.79 Å². The molecular weight excluding hydrogens is 448 g/mol. The van der Waals surface area contributed by atoms with Crippen LogP contribution in [0, 0.1) is 0 Å². The molecule has 0 radical (unpaired) electrons. The summed E-state index contributed by atoms with van der Waals surface area (Å²) < 4.78 is 6.67. The molecule has 0 unspecified atom stereocenters. The van der Waals surface area contributed by atoms with Gasteiger partial charge in [-0.3, -0.25) is 10.1 Å². The van der Waals surface area contributed by atoms with Gasteiger partial charge in [-0.25, -0.2) is 4.98 Å². The molecule has 1 fully saturated rings. The van der Waals surface area contributed by atoms with Crippen LogP contribution < -0.4 is 10.1 Å². The molecule has 29 heavy (non-hydrogen) atoms. The van der Waals surface area contributed by atoms with Crippen LogP contribution >= 0.6 is 27.3 Å². The molecule has 0 spiro atoms. The molecule has 0 atom stereocenters. The number of hydrogen-bond donors (Lipinski definition) is 1. The van der Waals surface area contributed by atoms with Gasteiger partial charge in [0, 0.05) is 15.4 Å². The van der Waals surface area contributed by atoms with Gasteiger partial charge in [0.15, 0.2) is 11.7 Å². The Bertz CT molecular complexity index is 948. The number of nitrogens with one attached hydrogen (secondary N) is 1. The third-order valence-corrected chi connectivity index (χ3v) is 6.50. The third-order valence-electron chi connectivity index (χ3n) is 5.22. The van der Waals surface area contributed by atoms with Crippen LogP contribution in [-0.4, -0.2) is 17.5 Å². The zero-order chi connectivity index (χ0) is 20.1. The van der Waals surface area contributed by atoms with Crippen LogP contribution in [0.25, 0.3) is 11.3 Å². The highest BCUT2D eigenvalue weighted by molar-refractivity contribution is 9.10. The molecule has 1 N–H and O–H groups in total. The molecule has 3 aromatic rings. The van der Waals surface area contributed by atoms with Crippen LogP contribution in [0.1, 0.15) is 43.6 Å². The molecule has 6 heteroatoms. The molecule has 1 amide bonds. The monoisotopic (exact) mass is 470 g/mol. The van der Waals surface area contributed by atoms with E-state index in [0.29, 0.717) is 11.0 Å². The standard InChI is InChI=1S/C23H23BrN2O2S/c24-19-10-6-18(7-11-19)21-15-29-23(25-21)26-22(27)14-28-20-12-8-17(9-13-20)16-4-2-1-3-5-16/h6-13,15-16H,1-5,14H2,(H,25,26,27). The van der Waals surface area contributed by atoms with Crippen molar-refractivity contribution in [3.8, 4) is 17.0 Å². The number of benzene rings is 2. The quantitative estimate of drug-likeness (QED) is 0.439. The number of nitrogens with zero attached hydrogens (tertiary/aromatic N) is 1. The predicted molar refractivity (Wildman–Crippen MR) is 122 cm³/mol. The van der Waals surface area contributed by atoms with Crippen LogP contribution in [0.3, 0.4) is 0 Å². The zero-order valence-corrected chi connectivity index (χ0v) is 18.5. The Kier molecular flexibility index (Phi) is 6.62. The van der Waals surface area contributed by atoms with E-state index in [4.69, 9.17) is 4.74 Å². The van der Waals surface area contributed by atoms with Crippen LogP contribution in [0.15, 0.2) is 58.4 Å². The number of rotatable bonds is 6. The van der Waals surface area contributed by atoms with Gasteiger partial charge in [-0.15, -0.1) is 11.3 Å². The molecule has 4 nitrogen and oxygen atoms in total. The number of halogens is 1. The second-order valence-corrected chi connectivity index (χ2v) is 9.06. The zero-order valence-electron chi connectivity index (χ0n) is 16.1. The number of ether oxygens (including phenoxy) is 1. The first-order valence-corrected chi connectivity index (χ1v) is 11.6. The van der Waals surface area contributed by atoms with E-state index in [0.717, 1.165) is 21.5 Å². The lowest BCUT2D eigenvalue weighted by Crippen LogP contribution is -2.20. The Balaban J connectivity index is 1.28. The molecule has 1 aliphatic carbocycles. The highest BCUT2D eigenvalue weighted by atomic mass is 79.9. The molecule has 2 aromatic carbocycles. The van der Waals surface area contributed by atoms with Crippen LogP contribution in [0.4, 0.5) is 5.13 Å². The first-order chi connectivity index (χ1) is 14.2. The van der Waals surface area contributed by atoms with Gasteiger partial charge in [0.05, 0.1) is 5.69 Å². The van der Waals surface area contributed by atoms with Gasteiger partial charge in [-0.2, -0.15) is 0 Å². The summed E-state index contributed by atoms with van der Waals surface area (Å²) in [6.07, 6.45) is 6.56. The normalized spacial score (nSPS) is 14.5. The maximum atomic E-state index is 12.2. The fraction of sp³-hybridized carbons (Fsp3) is 0.304. The molecular formula is C23H23BrN2O2S. The Morgan fingerprint density at radius 2 is 1.79 bits per heavy atom. The number of hydrogen-bond acceptors (Lipinski definition) is 4. The summed E-state index contributed by atoms with van der Waals surface area (Å²) in [5, 5.41) is 5.32. The highest BCUT2D eigenvalue weighted by Crippen LogP contribution is 2.33. The number of carbonyl (C=O) groups excluding carboxylic acids is 1. The van der Waals surface area contributed by atoms with Crippen molar-refractivity contribution in [2.75, 3.05) is 11.9 Å². The van der Waals surface area contributed by atoms with Gasteiger partial charge in [-0.05, 0) is 48.6 Å². The molecule has 1 saturated carbocycles. The Morgan fingerprint density at radius 3 is 2.52 bits per heavy atom. The fourth-order valence-corrected chi connectivity index (χ4v) is 4.66. The minimum atomic E-state index is -0.210. The van der Waals surface area contributed by atoms with Crippen LogP contribution in [0.2, 0.25) is 0 Å². The Labute approximate surface area is 183 Å². The third kappa shape index (κ3) is 5.46. The summed E-state index contributed by atoms with van der Waals surface area (Å²) >= 11 is 4.83. The minimum Gasteiger partial charge on any atom is -0.484 e. The summed E-state index contributed by atoms with van der Waals surface area (Å²) in [5.74, 6) is 1.18. The summed E-state index contributed by atoms with van der Waals surface area (Å²) in [7, 11) is 0. The molecule has 1 aromatic heterocycles. The summed E-state index contributed by atoms with van der Waals surface area (Å²) in [6.45, 7) is -0.0318. The maximum Gasteiger partial charge on any atom is 0.264 e. The van der Waals surface area contributed by atoms with Gasteiger partial charge in [0.1, 0.15) is 5.75 Å². The van der Waals surface area contributed by atoms with Crippen molar-refractivity contribution < 1.29 is 9.53 Å². The van der Waals surface area contributed by atoms with Crippen molar-refractivity contribution >= 4 is 38.3 Å². The molecule has 0 bridgehead atoms. The van der Waals surface area contributed by atoms with E-state index in [-0.39, 0.29) is 12.5 Å². The van der Waals surface area contributed by atoms with Crippen molar-refractivity contribution in [2.45, 2.75) is 38.0 Å². The smallest absolute Gasteiger partial charge is 0.264 e. The van der Waals surface area contributed by atoms with Crippen molar-refractivity contribution in [1.29, 1.82) is 0 Å². The first kappa shape index (κ1) is 20.1. The van der Waals surface area contributed by atoms with E-state index in [1.807, 2.05) is 41.8 Å². The second kappa shape index (κ2) is 9.55. The number of carbonyl (C=O) groups is 1. The largest absolute Gasteiger partial charge is 0.484 e. The predicted octanol–water partition coefficient (Wildman–Crippen LogP) is 6.64. The fourth-order valence-electron chi connectivity index (χ4n) is 3.66. The SMILES string of the molecule is O=C(COc1ccc(C2CCCCC2)cc1)Nc1nc(-c2ccc(Br)cc2)cs1. The number of aromatic nitrogens is 1. The Morgan fingerprint density at radius 1 is 1.07 bits per heavy atom. The summed E-state index contributed by atoms with van der Waals surface area (Å²) in [5.41, 5.74) is 3.24. The molecule has 4 rings (SSSR count). The van der Waals surface area contributed by atoms with Gasteiger partial charge < -0.3 is 4.74 Å². The van der Waals surface area contributed by atoms with Gasteiger partial charge >= 0.3 is 0 Å².